The monoisotopic (exact) mass is 319 g/mol. The smallest absolute Gasteiger partial charge is 0.137 e. The second-order valence-electron chi connectivity index (χ2n) is 5.01. The van der Waals surface area contributed by atoms with Crippen LogP contribution in [0.15, 0.2) is 36.5 Å². The highest BCUT2D eigenvalue weighted by Gasteiger charge is 2.14. The molecular formula is C16H15Cl2N3. The minimum absolute atomic E-state index is 0.537. The Kier molecular flexibility index (Phi) is 3.89. The third-order valence-electron chi connectivity index (χ3n) is 3.41. The average Bonchev–Trinajstić information content (AvgIpc) is 2.80. The Morgan fingerprint density at radius 1 is 1.14 bits per heavy atom. The van der Waals surface area contributed by atoms with E-state index in [0.29, 0.717) is 16.6 Å². The van der Waals surface area contributed by atoms with Crippen LogP contribution >= 0.6 is 23.2 Å². The highest BCUT2D eigenvalue weighted by molar-refractivity contribution is 6.42. The topological polar surface area (TPSA) is 43.3 Å². The van der Waals surface area contributed by atoms with Crippen LogP contribution in [0.2, 0.25) is 10.0 Å². The van der Waals surface area contributed by atoms with Crippen molar-refractivity contribution in [1.82, 2.24) is 9.38 Å². The molecule has 3 aromatic rings. The highest BCUT2D eigenvalue weighted by atomic mass is 35.5. The minimum atomic E-state index is 0.537. The maximum absolute atomic E-state index is 6.16. The summed E-state index contributed by atoms with van der Waals surface area (Å²) in [6, 6.07) is 9.69. The summed E-state index contributed by atoms with van der Waals surface area (Å²) in [6.45, 7) is 2.61. The molecular weight excluding hydrogens is 305 g/mol. The number of aryl methyl sites for hydroxylation is 1. The van der Waals surface area contributed by atoms with Crippen molar-refractivity contribution in [2.45, 2.75) is 13.3 Å². The van der Waals surface area contributed by atoms with Gasteiger partial charge >= 0.3 is 0 Å². The number of halogens is 2. The van der Waals surface area contributed by atoms with Gasteiger partial charge in [0.15, 0.2) is 0 Å². The second kappa shape index (κ2) is 5.68. The summed E-state index contributed by atoms with van der Waals surface area (Å²) in [4.78, 5) is 4.68. The number of aromatic nitrogens is 2. The average molecular weight is 320 g/mol. The van der Waals surface area contributed by atoms with Gasteiger partial charge in [-0.2, -0.15) is 0 Å². The fourth-order valence-corrected chi connectivity index (χ4v) is 2.76. The molecule has 5 heteroatoms. The van der Waals surface area contributed by atoms with Gasteiger partial charge in [-0.3, -0.25) is 4.40 Å². The van der Waals surface area contributed by atoms with Crippen LogP contribution in [-0.4, -0.2) is 15.9 Å². The molecule has 0 radical (unpaired) electrons. The summed E-state index contributed by atoms with van der Waals surface area (Å²) >= 11 is 12.2. The van der Waals surface area contributed by atoms with Crippen LogP contribution < -0.4 is 5.73 Å². The molecule has 0 saturated heterocycles. The lowest BCUT2D eigenvalue weighted by Gasteiger charge is -2.07. The van der Waals surface area contributed by atoms with Crippen molar-refractivity contribution in [1.29, 1.82) is 0 Å². The molecule has 2 N–H and O–H groups in total. The standard InChI is InChI=1S/C16H15Cl2N3/c1-10-2-5-15-20-14(6-7-19)16(21(15)9-10)11-3-4-12(17)13(18)8-11/h2-5,8-9H,6-7,19H2,1H3. The Morgan fingerprint density at radius 3 is 2.67 bits per heavy atom. The summed E-state index contributed by atoms with van der Waals surface area (Å²) in [7, 11) is 0. The fourth-order valence-electron chi connectivity index (χ4n) is 2.46. The second-order valence-corrected chi connectivity index (χ2v) is 5.82. The predicted octanol–water partition coefficient (Wildman–Crippen LogP) is 4.12. The van der Waals surface area contributed by atoms with Crippen molar-refractivity contribution in [3.63, 3.8) is 0 Å². The highest BCUT2D eigenvalue weighted by Crippen LogP contribution is 2.31. The van der Waals surface area contributed by atoms with Crippen LogP contribution in [0.4, 0.5) is 0 Å². The van der Waals surface area contributed by atoms with Gasteiger partial charge in [-0.25, -0.2) is 4.98 Å². The van der Waals surface area contributed by atoms with Gasteiger partial charge in [0, 0.05) is 18.2 Å². The number of nitrogens with two attached hydrogens (primary N) is 1. The maximum atomic E-state index is 6.16. The molecule has 3 nitrogen and oxygen atoms in total. The first kappa shape index (κ1) is 14.4. The number of nitrogens with zero attached hydrogens (tertiary/aromatic N) is 2. The first-order chi connectivity index (χ1) is 10.1. The molecule has 0 atom stereocenters. The van der Waals surface area contributed by atoms with Crippen molar-refractivity contribution in [2.75, 3.05) is 6.54 Å². The quantitative estimate of drug-likeness (QED) is 0.789. The van der Waals surface area contributed by atoms with Gasteiger partial charge in [0.1, 0.15) is 5.65 Å². The molecule has 2 heterocycles. The molecule has 21 heavy (non-hydrogen) atoms. The van der Waals surface area contributed by atoms with E-state index >= 15 is 0 Å². The van der Waals surface area contributed by atoms with Gasteiger partial charge in [-0.05, 0) is 37.2 Å². The van der Waals surface area contributed by atoms with Gasteiger partial charge in [-0.15, -0.1) is 0 Å². The summed E-state index contributed by atoms with van der Waals surface area (Å²) in [5.74, 6) is 0. The lowest BCUT2D eigenvalue weighted by atomic mass is 10.1. The molecule has 0 aliphatic carbocycles. The van der Waals surface area contributed by atoms with Crippen LogP contribution in [-0.2, 0) is 6.42 Å². The molecule has 108 valence electrons. The van der Waals surface area contributed by atoms with Gasteiger partial charge in [0.2, 0.25) is 0 Å². The Labute approximate surface area is 133 Å². The Bertz CT molecular complexity index is 809. The molecule has 0 fully saturated rings. The lowest BCUT2D eigenvalue weighted by Crippen LogP contribution is -2.04. The number of benzene rings is 1. The number of hydrogen-bond acceptors (Lipinski definition) is 2. The molecule has 1 aromatic carbocycles. The van der Waals surface area contributed by atoms with Crippen molar-refractivity contribution in [2.24, 2.45) is 5.73 Å². The zero-order chi connectivity index (χ0) is 15.0. The summed E-state index contributed by atoms with van der Waals surface area (Å²) in [6.07, 6.45) is 2.79. The zero-order valence-corrected chi connectivity index (χ0v) is 13.1. The van der Waals surface area contributed by atoms with Crippen molar-refractivity contribution >= 4 is 28.8 Å². The first-order valence-corrected chi connectivity index (χ1v) is 7.49. The van der Waals surface area contributed by atoms with Crippen LogP contribution in [0.3, 0.4) is 0 Å². The summed E-state index contributed by atoms with van der Waals surface area (Å²) in [5, 5.41) is 1.08. The van der Waals surface area contributed by atoms with E-state index in [2.05, 4.69) is 22.5 Å². The zero-order valence-electron chi connectivity index (χ0n) is 11.6. The van der Waals surface area contributed by atoms with Gasteiger partial charge in [0.05, 0.1) is 21.4 Å². The van der Waals surface area contributed by atoms with E-state index in [4.69, 9.17) is 28.9 Å². The summed E-state index contributed by atoms with van der Waals surface area (Å²) < 4.78 is 2.08. The van der Waals surface area contributed by atoms with E-state index in [0.717, 1.165) is 29.0 Å². The van der Waals surface area contributed by atoms with Crippen molar-refractivity contribution in [3.8, 4) is 11.3 Å². The normalized spacial score (nSPS) is 11.2. The Morgan fingerprint density at radius 2 is 1.95 bits per heavy atom. The molecule has 2 aromatic heterocycles. The number of pyridine rings is 1. The number of rotatable bonds is 3. The van der Waals surface area contributed by atoms with E-state index in [1.807, 2.05) is 24.3 Å². The minimum Gasteiger partial charge on any atom is -0.330 e. The molecule has 0 amide bonds. The van der Waals surface area contributed by atoms with Crippen LogP contribution in [0.25, 0.3) is 16.9 Å². The predicted molar refractivity (Wildman–Crippen MR) is 88.1 cm³/mol. The first-order valence-electron chi connectivity index (χ1n) is 6.73. The van der Waals surface area contributed by atoms with E-state index in [-0.39, 0.29) is 0 Å². The number of imidazole rings is 1. The van der Waals surface area contributed by atoms with Crippen molar-refractivity contribution < 1.29 is 0 Å². The van der Waals surface area contributed by atoms with Gasteiger partial charge in [-0.1, -0.05) is 35.3 Å². The maximum Gasteiger partial charge on any atom is 0.137 e. The molecule has 0 unspecified atom stereocenters. The van der Waals surface area contributed by atoms with E-state index in [1.165, 1.54) is 5.56 Å². The van der Waals surface area contributed by atoms with Crippen LogP contribution in [0.1, 0.15) is 11.3 Å². The molecule has 0 aliphatic rings. The molecule has 0 bridgehead atoms. The van der Waals surface area contributed by atoms with Gasteiger partial charge < -0.3 is 5.73 Å². The largest absolute Gasteiger partial charge is 0.330 e. The van der Waals surface area contributed by atoms with E-state index < -0.39 is 0 Å². The Hall–Kier alpha value is -1.55. The lowest BCUT2D eigenvalue weighted by molar-refractivity contribution is 0.939. The van der Waals surface area contributed by atoms with Crippen molar-refractivity contribution in [3.05, 3.63) is 57.8 Å². The third kappa shape index (κ3) is 2.64. The molecule has 3 rings (SSSR count). The Balaban J connectivity index is 2.29. The van der Waals surface area contributed by atoms with Gasteiger partial charge in [0.25, 0.3) is 0 Å². The SMILES string of the molecule is Cc1ccc2nc(CCN)c(-c3ccc(Cl)c(Cl)c3)n2c1. The van der Waals surface area contributed by atoms with E-state index in [1.54, 1.807) is 6.07 Å². The molecule has 0 spiro atoms. The fraction of sp³-hybridized carbons (Fsp3) is 0.188. The molecule has 0 aliphatic heterocycles. The molecule has 0 saturated carbocycles. The number of fused-ring (bicyclic) bond motifs is 1. The van der Waals surface area contributed by atoms with Crippen LogP contribution in [0.5, 0.6) is 0 Å². The third-order valence-corrected chi connectivity index (χ3v) is 4.15. The van der Waals surface area contributed by atoms with Crippen LogP contribution in [0, 0.1) is 6.92 Å². The number of hydrogen-bond donors (Lipinski definition) is 1. The summed E-state index contributed by atoms with van der Waals surface area (Å²) in [5.41, 5.74) is 10.8. The van der Waals surface area contributed by atoms with E-state index in [9.17, 15) is 0 Å².